The number of hydrogen-bond donors (Lipinski definition) is 2. The van der Waals surface area contributed by atoms with Gasteiger partial charge in [0, 0.05) is 12.1 Å². The summed E-state index contributed by atoms with van der Waals surface area (Å²) in [5, 5.41) is 0. The molecule has 0 unspecified atom stereocenters. The van der Waals surface area contributed by atoms with Crippen LogP contribution in [0.4, 0.5) is 4.39 Å². The number of halogens is 1. The van der Waals surface area contributed by atoms with Crippen LogP contribution in [0.1, 0.15) is 5.56 Å². The van der Waals surface area contributed by atoms with E-state index in [-0.39, 0.29) is 12.4 Å². The molecule has 2 amide bonds. The van der Waals surface area contributed by atoms with Crippen molar-refractivity contribution in [3.8, 4) is 11.5 Å². The maximum atomic E-state index is 13.0. The fraction of sp³-hybridized carbons (Fsp3) is 0.111. The van der Waals surface area contributed by atoms with Crippen molar-refractivity contribution in [3.05, 3.63) is 66.0 Å². The van der Waals surface area contributed by atoms with E-state index in [4.69, 9.17) is 9.47 Å². The van der Waals surface area contributed by atoms with Crippen molar-refractivity contribution in [2.24, 2.45) is 0 Å². The molecule has 25 heavy (non-hydrogen) atoms. The Bertz CT molecular complexity index is 777. The number of amides is 2. The molecule has 2 rings (SSSR count). The molecule has 0 heterocycles. The third kappa shape index (κ3) is 6.34. The van der Waals surface area contributed by atoms with Crippen LogP contribution >= 0.6 is 0 Å². The first kappa shape index (κ1) is 18.0. The third-order valence-electron chi connectivity index (χ3n) is 3.01. The predicted octanol–water partition coefficient (Wildman–Crippen LogP) is 2.07. The Kier molecular flexibility index (Phi) is 6.53. The number of hydrogen-bond acceptors (Lipinski definition) is 4. The first-order valence-electron chi connectivity index (χ1n) is 7.36. The van der Waals surface area contributed by atoms with E-state index in [1.54, 1.807) is 37.5 Å². The Morgan fingerprint density at radius 3 is 2.60 bits per heavy atom. The van der Waals surface area contributed by atoms with E-state index in [1.807, 2.05) is 0 Å². The van der Waals surface area contributed by atoms with Crippen LogP contribution in [-0.4, -0.2) is 25.5 Å². The van der Waals surface area contributed by atoms with Crippen LogP contribution in [-0.2, 0) is 9.59 Å². The molecule has 0 aromatic heterocycles. The summed E-state index contributed by atoms with van der Waals surface area (Å²) in [6.45, 7) is -0.358. The number of benzene rings is 2. The lowest BCUT2D eigenvalue weighted by atomic mass is 10.2. The fourth-order valence-corrected chi connectivity index (χ4v) is 1.83. The number of hydrazine groups is 1. The summed E-state index contributed by atoms with van der Waals surface area (Å²) in [6, 6.07) is 12.6. The highest BCUT2D eigenvalue weighted by molar-refractivity contribution is 5.93. The number of carbonyl (C=O) groups excluding carboxylic acids is 2. The molecule has 0 radical (unpaired) electrons. The second kappa shape index (κ2) is 9.07. The second-order valence-electron chi connectivity index (χ2n) is 4.89. The lowest BCUT2D eigenvalue weighted by molar-refractivity contribution is -0.128. The third-order valence-corrected chi connectivity index (χ3v) is 3.01. The maximum Gasteiger partial charge on any atom is 0.276 e. The van der Waals surface area contributed by atoms with Gasteiger partial charge in [0.15, 0.2) is 6.61 Å². The molecule has 0 aliphatic rings. The summed E-state index contributed by atoms with van der Waals surface area (Å²) in [6.07, 6.45) is 2.84. The van der Waals surface area contributed by atoms with Gasteiger partial charge in [-0.25, -0.2) is 4.39 Å². The SMILES string of the molecule is COc1cccc(/C=C/C(=O)NNC(=O)COc2cccc(F)c2)c1. The van der Waals surface area contributed by atoms with Crippen LogP contribution in [0.5, 0.6) is 11.5 Å². The van der Waals surface area contributed by atoms with Gasteiger partial charge in [-0.3, -0.25) is 20.4 Å². The molecule has 0 spiro atoms. The maximum absolute atomic E-state index is 13.0. The zero-order chi connectivity index (χ0) is 18.1. The van der Waals surface area contributed by atoms with Gasteiger partial charge in [0.1, 0.15) is 17.3 Å². The minimum atomic E-state index is -0.576. The van der Waals surface area contributed by atoms with Crippen molar-refractivity contribution in [1.82, 2.24) is 10.9 Å². The molecule has 0 fully saturated rings. The Balaban J connectivity index is 1.75. The molecule has 2 N–H and O–H groups in total. The highest BCUT2D eigenvalue weighted by Crippen LogP contribution is 2.13. The predicted molar refractivity (Wildman–Crippen MR) is 90.2 cm³/mol. The number of methoxy groups -OCH3 is 1. The zero-order valence-corrected chi connectivity index (χ0v) is 13.5. The minimum absolute atomic E-state index is 0.222. The number of nitrogens with one attached hydrogen (secondary N) is 2. The molecule has 0 aliphatic heterocycles. The molecule has 6 nitrogen and oxygen atoms in total. The quantitative estimate of drug-likeness (QED) is 0.621. The lowest BCUT2D eigenvalue weighted by Gasteiger charge is -2.07. The van der Waals surface area contributed by atoms with E-state index < -0.39 is 17.6 Å². The summed E-state index contributed by atoms with van der Waals surface area (Å²) < 4.78 is 23.1. The smallest absolute Gasteiger partial charge is 0.276 e. The molecule has 0 saturated heterocycles. The molecule has 0 bridgehead atoms. The van der Waals surface area contributed by atoms with Gasteiger partial charge in [0.25, 0.3) is 11.8 Å². The average molecular weight is 344 g/mol. The van der Waals surface area contributed by atoms with Gasteiger partial charge in [-0.1, -0.05) is 18.2 Å². The first-order valence-corrected chi connectivity index (χ1v) is 7.36. The van der Waals surface area contributed by atoms with E-state index in [0.717, 1.165) is 11.6 Å². The standard InChI is InChI=1S/C18H17FN2O4/c1-24-15-6-2-4-13(10-15)8-9-17(22)20-21-18(23)12-25-16-7-3-5-14(19)11-16/h2-11H,12H2,1H3,(H,20,22)(H,21,23)/b9-8+. The number of rotatable bonds is 6. The molecular weight excluding hydrogens is 327 g/mol. The van der Waals surface area contributed by atoms with Gasteiger partial charge in [-0.15, -0.1) is 0 Å². The Hall–Kier alpha value is -3.35. The van der Waals surface area contributed by atoms with Gasteiger partial charge in [0.2, 0.25) is 0 Å². The van der Waals surface area contributed by atoms with Gasteiger partial charge in [-0.05, 0) is 35.9 Å². The van der Waals surface area contributed by atoms with E-state index in [0.29, 0.717) is 5.75 Å². The molecule has 0 aliphatic carbocycles. The molecular formula is C18H17FN2O4. The van der Waals surface area contributed by atoms with Crippen molar-refractivity contribution >= 4 is 17.9 Å². The summed E-state index contributed by atoms with van der Waals surface area (Å²) in [5.41, 5.74) is 5.18. The zero-order valence-electron chi connectivity index (χ0n) is 13.5. The van der Waals surface area contributed by atoms with Crippen LogP contribution in [0.3, 0.4) is 0 Å². The lowest BCUT2D eigenvalue weighted by Crippen LogP contribution is -2.43. The molecule has 7 heteroatoms. The van der Waals surface area contributed by atoms with E-state index in [2.05, 4.69) is 10.9 Å². The molecule has 130 valence electrons. The minimum Gasteiger partial charge on any atom is -0.497 e. The number of carbonyl (C=O) groups is 2. The second-order valence-corrected chi connectivity index (χ2v) is 4.89. The Labute approximate surface area is 144 Å². The topological polar surface area (TPSA) is 76.7 Å². The monoisotopic (exact) mass is 344 g/mol. The average Bonchev–Trinajstić information content (AvgIpc) is 2.63. The normalized spacial score (nSPS) is 10.3. The van der Waals surface area contributed by atoms with Crippen molar-refractivity contribution in [3.63, 3.8) is 0 Å². The van der Waals surface area contributed by atoms with E-state index >= 15 is 0 Å². The van der Waals surface area contributed by atoms with Gasteiger partial charge < -0.3 is 9.47 Å². The van der Waals surface area contributed by atoms with Crippen LogP contribution in [0.2, 0.25) is 0 Å². The molecule has 2 aromatic rings. The fourth-order valence-electron chi connectivity index (χ4n) is 1.83. The molecule has 0 saturated carbocycles. The molecule has 2 aromatic carbocycles. The van der Waals surface area contributed by atoms with Crippen LogP contribution in [0, 0.1) is 5.82 Å². The summed E-state index contributed by atoms with van der Waals surface area (Å²) in [5.74, 6) is -0.659. The summed E-state index contributed by atoms with van der Waals surface area (Å²) >= 11 is 0. The highest BCUT2D eigenvalue weighted by atomic mass is 19.1. The van der Waals surface area contributed by atoms with Gasteiger partial charge in [-0.2, -0.15) is 0 Å². The van der Waals surface area contributed by atoms with Gasteiger partial charge in [0.05, 0.1) is 7.11 Å². The Morgan fingerprint density at radius 1 is 1.08 bits per heavy atom. The summed E-state index contributed by atoms with van der Waals surface area (Å²) in [7, 11) is 1.55. The van der Waals surface area contributed by atoms with Crippen molar-refractivity contribution in [2.75, 3.05) is 13.7 Å². The van der Waals surface area contributed by atoms with Crippen molar-refractivity contribution < 1.29 is 23.5 Å². The summed E-state index contributed by atoms with van der Waals surface area (Å²) in [4.78, 5) is 23.2. The largest absolute Gasteiger partial charge is 0.497 e. The first-order chi connectivity index (χ1) is 12.1. The Morgan fingerprint density at radius 2 is 1.84 bits per heavy atom. The van der Waals surface area contributed by atoms with Crippen molar-refractivity contribution in [2.45, 2.75) is 0 Å². The number of ether oxygens (including phenoxy) is 2. The highest BCUT2D eigenvalue weighted by Gasteiger charge is 2.04. The van der Waals surface area contributed by atoms with Crippen LogP contribution in [0.25, 0.3) is 6.08 Å². The van der Waals surface area contributed by atoms with Crippen molar-refractivity contribution in [1.29, 1.82) is 0 Å². The van der Waals surface area contributed by atoms with Crippen LogP contribution < -0.4 is 20.3 Å². The van der Waals surface area contributed by atoms with E-state index in [1.165, 1.54) is 24.3 Å². The van der Waals surface area contributed by atoms with Crippen LogP contribution in [0.15, 0.2) is 54.6 Å². The molecule has 0 atom stereocenters. The van der Waals surface area contributed by atoms with E-state index in [9.17, 15) is 14.0 Å². The van der Waals surface area contributed by atoms with Gasteiger partial charge >= 0.3 is 0 Å².